The number of unbranched alkanes of at least 4 members (excludes halogenated alkanes) is 2. The number of ether oxygens (including phenoxy) is 1. The highest BCUT2D eigenvalue weighted by molar-refractivity contribution is 5.30. The largest absolute Gasteiger partial charge is 0.380 e. The molecule has 1 atom stereocenters. The lowest BCUT2D eigenvalue weighted by Gasteiger charge is -2.35. The van der Waals surface area contributed by atoms with Crippen molar-refractivity contribution in [1.29, 1.82) is 0 Å². The molecule has 2 N–H and O–H groups in total. The molecule has 0 aliphatic rings. The normalized spacial score (nSPS) is 13.1. The van der Waals surface area contributed by atoms with Crippen molar-refractivity contribution in [2.24, 2.45) is 5.73 Å². The monoisotopic (exact) mass is 292 g/mol. The van der Waals surface area contributed by atoms with Gasteiger partial charge in [0.05, 0.1) is 6.61 Å². The number of rotatable bonds is 10. The van der Waals surface area contributed by atoms with Crippen molar-refractivity contribution in [3.8, 4) is 0 Å². The fourth-order valence-electron chi connectivity index (χ4n) is 2.91. The van der Waals surface area contributed by atoms with Gasteiger partial charge in [-0.1, -0.05) is 44.0 Å². The summed E-state index contributed by atoms with van der Waals surface area (Å²) in [6.45, 7) is 9.16. The Labute approximate surface area is 130 Å². The molecule has 120 valence electrons. The lowest BCUT2D eigenvalue weighted by atomic mass is 9.98. The summed E-state index contributed by atoms with van der Waals surface area (Å²) in [6.07, 6.45) is 3.76. The van der Waals surface area contributed by atoms with E-state index in [1.165, 1.54) is 30.4 Å². The molecule has 0 saturated heterocycles. The second kappa shape index (κ2) is 9.93. The first-order chi connectivity index (χ1) is 10.2. The maximum absolute atomic E-state index is 6.13. The number of hydrogen-bond acceptors (Lipinski definition) is 3. The molecule has 21 heavy (non-hydrogen) atoms. The highest BCUT2D eigenvalue weighted by Crippen LogP contribution is 2.26. The van der Waals surface area contributed by atoms with E-state index >= 15 is 0 Å². The van der Waals surface area contributed by atoms with Crippen LogP contribution in [0.25, 0.3) is 0 Å². The van der Waals surface area contributed by atoms with Gasteiger partial charge < -0.3 is 10.5 Å². The standard InChI is InChI=1S/C18H32N2O/c1-5-6-9-12-20(15(2)3)18(13-19)17-11-8-7-10-16(17)14-21-4/h7-8,10-11,15,18H,5-6,9,12-14,19H2,1-4H3. The smallest absolute Gasteiger partial charge is 0.0716 e. The number of benzene rings is 1. The Morgan fingerprint density at radius 3 is 2.48 bits per heavy atom. The van der Waals surface area contributed by atoms with Crippen LogP contribution in [-0.2, 0) is 11.3 Å². The van der Waals surface area contributed by atoms with Gasteiger partial charge in [0.25, 0.3) is 0 Å². The van der Waals surface area contributed by atoms with Gasteiger partial charge in [0.1, 0.15) is 0 Å². The van der Waals surface area contributed by atoms with Crippen LogP contribution in [0.5, 0.6) is 0 Å². The van der Waals surface area contributed by atoms with E-state index in [0.29, 0.717) is 19.2 Å². The maximum atomic E-state index is 6.13. The second-order valence-corrected chi connectivity index (χ2v) is 5.92. The maximum Gasteiger partial charge on any atom is 0.0716 e. The SMILES string of the molecule is CCCCCN(C(C)C)C(CN)c1ccccc1COC. The van der Waals surface area contributed by atoms with Crippen LogP contribution >= 0.6 is 0 Å². The van der Waals surface area contributed by atoms with Crippen molar-refractivity contribution >= 4 is 0 Å². The van der Waals surface area contributed by atoms with E-state index in [0.717, 1.165) is 6.54 Å². The summed E-state index contributed by atoms with van der Waals surface area (Å²) in [4.78, 5) is 2.53. The van der Waals surface area contributed by atoms with Crippen molar-refractivity contribution in [1.82, 2.24) is 4.90 Å². The summed E-state index contributed by atoms with van der Waals surface area (Å²) in [5.41, 5.74) is 8.69. The van der Waals surface area contributed by atoms with Crippen molar-refractivity contribution in [3.05, 3.63) is 35.4 Å². The Bertz CT molecular complexity index is 393. The number of nitrogens with two attached hydrogens (primary N) is 1. The third-order valence-electron chi connectivity index (χ3n) is 4.02. The first-order valence-corrected chi connectivity index (χ1v) is 8.18. The molecule has 3 nitrogen and oxygen atoms in total. The third-order valence-corrected chi connectivity index (χ3v) is 4.02. The molecule has 0 amide bonds. The Hall–Kier alpha value is -0.900. The fourth-order valence-corrected chi connectivity index (χ4v) is 2.91. The minimum atomic E-state index is 0.271. The van der Waals surface area contributed by atoms with Crippen LogP contribution in [0.15, 0.2) is 24.3 Å². The van der Waals surface area contributed by atoms with E-state index in [1.54, 1.807) is 7.11 Å². The van der Waals surface area contributed by atoms with E-state index in [4.69, 9.17) is 10.5 Å². The van der Waals surface area contributed by atoms with Gasteiger partial charge >= 0.3 is 0 Å². The van der Waals surface area contributed by atoms with Crippen molar-refractivity contribution in [2.45, 2.75) is 58.7 Å². The topological polar surface area (TPSA) is 38.5 Å². The van der Waals surface area contributed by atoms with Gasteiger partial charge in [0, 0.05) is 25.7 Å². The second-order valence-electron chi connectivity index (χ2n) is 5.92. The molecule has 0 spiro atoms. The highest BCUT2D eigenvalue weighted by atomic mass is 16.5. The van der Waals surface area contributed by atoms with Crippen LogP contribution in [0.2, 0.25) is 0 Å². The molecule has 0 aliphatic heterocycles. The molecule has 0 fully saturated rings. The lowest BCUT2D eigenvalue weighted by Crippen LogP contribution is -2.39. The Morgan fingerprint density at radius 2 is 1.90 bits per heavy atom. The van der Waals surface area contributed by atoms with Gasteiger partial charge in [0.15, 0.2) is 0 Å². The molecule has 3 heteroatoms. The first kappa shape index (κ1) is 18.1. The van der Waals surface area contributed by atoms with Gasteiger partial charge in [-0.3, -0.25) is 4.90 Å². The Morgan fingerprint density at radius 1 is 1.19 bits per heavy atom. The lowest BCUT2D eigenvalue weighted by molar-refractivity contribution is 0.147. The molecule has 0 heterocycles. The van der Waals surface area contributed by atoms with Gasteiger partial charge in [-0.05, 0) is 37.9 Å². The predicted molar refractivity (Wildman–Crippen MR) is 90.3 cm³/mol. The number of hydrogen-bond donors (Lipinski definition) is 1. The molecule has 1 aromatic rings. The summed E-state index contributed by atoms with van der Waals surface area (Å²) in [5.74, 6) is 0. The first-order valence-electron chi connectivity index (χ1n) is 8.18. The Balaban J connectivity index is 2.96. The zero-order valence-electron chi connectivity index (χ0n) is 14.1. The zero-order valence-corrected chi connectivity index (χ0v) is 14.1. The van der Waals surface area contributed by atoms with E-state index in [1.807, 2.05) is 0 Å². The van der Waals surface area contributed by atoms with Crippen LogP contribution in [0.4, 0.5) is 0 Å². The molecule has 0 bridgehead atoms. The molecular weight excluding hydrogens is 260 g/mol. The quantitative estimate of drug-likeness (QED) is 0.668. The molecule has 0 radical (unpaired) electrons. The van der Waals surface area contributed by atoms with Gasteiger partial charge in [0.2, 0.25) is 0 Å². The Kier molecular flexibility index (Phi) is 8.58. The van der Waals surface area contributed by atoms with E-state index in [2.05, 4.69) is 49.9 Å². The third kappa shape index (κ3) is 5.42. The summed E-state index contributed by atoms with van der Waals surface area (Å²) in [6, 6.07) is 9.27. The van der Waals surface area contributed by atoms with E-state index in [9.17, 15) is 0 Å². The molecule has 0 aromatic heterocycles. The summed E-state index contributed by atoms with van der Waals surface area (Å²) >= 11 is 0. The summed E-state index contributed by atoms with van der Waals surface area (Å²) in [5, 5.41) is 0. The van der Waals surface area contributed by atoms with Crippen molar-refractivity contribution < 1.29 is 4.74 Å². The van der Waals surface area contributed by atoms with Gasteiger partial charge in [-0.25, -0.2) is 0 Å². The number of methoxy groups -OCH3 is 1. The molecule has 1 rings (SSSR count). The van der Waals surface area contributed by atoms with Gasteiger partial charge in [-0.2, -0.15) is 0 Å². The molecule has 1 unspecified atom stereocenters. The van der Waals surface area contributed by atoms with Gasteiger partial charge in [-0.15, -0.1) is 0 Å². The average Bonchev–Trinajstić information content (AvgIpc) is 2.48. The highest BCUT2D eigenvalue weighted by Gasteiger charge is 2.23. The van der Waals surface area contributed by atoms with E-state index < -0.39 is 0 Å². The van der Waals surface area contributed by atoms with Crippen LogP contribution in [0, 0.1) is 0 Å². The zero-order chi connectivity index (χ0) is 15.7. The molecule has 1 aromatic carbocycles. The van der Waals surface area contributed by atoms with Crippen LogP contribution in [-0.4, -0.2) is 31.1 Å². The molecular formula is C18H32N2O. The summed E-state index contributed by atoms with van der Waals surface area (Å²) in [7, 11) is 1.75. The van der Waals surface area contributed by atoms with Crippen LogP contribution in [0.3, 0.4) is 0 Å². The predicted octanol–water partition coefficient (Wildman–Crippen LogP) is 3.73. The van der Waals surface area contributed by atoms with Crippen LogP contribution in [0.1, 0.15) is 57.2 Å². The number of nitrogens with zero attached hydrogens (tertiary/aromatic N) is 1. The minimum absolute atomic E-state index is 0.271. The van der Waals surface area contributed by atoms with Crippen molar-refractivity contribution in [3.63, 3.8) is 0 Å². The van der Waals surface area contributed by atoms with E-state index in [-0.39, 0.29) is 6.04 Å². The molecule has 0 saturated carbocycles. The summed E-state index contributed by atoms with van der Waals surface area (Å²) < 4.78 is 5.34. The molecule has 0 aliphatic carbocycles. The fraction of sp³-hybridized carbons (Fsp3) is 0.667. The van der Waals surface area contributed by atoms with Crippen molar-refractivity contribution in [2.75, 3.05) is 20.2 Å². The minimum Gasteiger partial charge on any atom is -0.380 e. The van der Waals surface area contributed by atoms with Crippen LogP contribution < -0.4 is 5.73 Å². The average molecular weight is 292 g/mol.